The van der Waals surface area contributed by atoms with Crippen molar-refractivity contribution >= 4 is 11.6 Å². The summed E-state index contributed by atoms with van der Waals surface area (Å²) in [6, 6.07) is 2.20. The van der Waals surface area contributed by atoms with Crippen molar-refractivity contribution in [3.63, 3.8) is 0 Å². The highest BCUT2D eigenvalue weighted by atomic mass is 16.2. The molecule has 1 aliphatic rings. The lowest BCUT2D eigenvalue weighted by Gasteiger charge is -2.18. The van der Waals surface area contributed by atoms with Crippen LogP contribution in [-0.2, 0) is 13.6 Å². The third-order valence-electron chi connectivity index (χ3n) is 3.68. The largest absolute Gasteiger partial charge is 0.397 e. The Hall–Kier alpha value is -2.24. The van der Waals surface area contributed by atoms with Gasteiger partial charge in [-0.3, -0.25) is 4.79 Å². The van der Waals surface area contributed by atoms with Gasteiger partial charge in [-0.25, -0.2) is 4.98 Å². The summed E-state index contributed by atoms with van der Waals surface area (Å²) in [5.41, 5.74) is 7.15. The number of nitrogens with zero attached hydrogens (tertiary/aromatic N) is 4. The van der Waals surface area contributed by atoms with E-state index >= 15 is 0 Å². The Balaban J connectivity index is 1.80. The van der Waals surface area contributed by atoms with E-state index in [2.05, 4.69) is 4.98 Å². The van der Waals surface area contributed by atoms with E-state index in [1.165, 1.54) is 0 Å². The molecule has 0 saturated heterocycles. The van der Waals surface area contributed by atoms with Crippen LogP contribution in [-0.4, -0.2) is 32.0 Å². The first-order valence-electron chi connectivity index (χ1n) is 6.75. The fraction of sp³-hybridized carbons (Fsp3) is 0.429. The summed E-state index contributed by atoms with van der Waals surface area (Å²) in [4.78, 5) is 18.5. The van der Waals surface area contributed by atoms with Crippen LogP contribution in [0, 0.1) is 0 Å². The van der Waals surface area contributed by atoms with E-state index in [4.69, 9.17) is 5.73 Å². The molecular weight excluding hydrogens is 254 g/mol. The van der Waals surface area contributed by atoms with Crippen molar-refractivity contribution in [2.24, 2.45) is 7.05 Å². The molecule has 1 aliphatic carbocycles. The molecule has 106 valence electrons. The van der Waals surface area contributed by atoms with Gasteiger partial charge in [0.25, 0.3) is 5.91 Å². The number of hydrogen-bond donors (Lipinski definition) is 1. The molecule has 1 amide bonds. The summed E-state index contributed by atoms with van der Waals surface area (Å²) in [6.45, 7) is 0.484. The molecule has 2 N–H and O–H groups in total. The predicted molar refractivity (Wildman–Crippen MR) is 76.1 cm³/mol. The third-order valence-corrected chi connectivity index (χ3v) is 3.68. The van der Waals surface area contributed by atoms with Gasteiger partial charge in [0, 0.05) is 38.7 Å². The summed E-state index contributed by atoms with van der Waals surface area (Å²) in [5.74, 6) is 0.843. The van der Waals surface area contributed by atoms with Gasteiger partial charge in [0.2, 0.25) is 0 Å². The molecule has 6 nitrogen and oxygen atoms in total. The van der Waals surface area contributed by atoms with Gasteiger partial charge in [-0.1, -0.05) is 0 Å². The SMILES string of the molecule is CN(Cc1nccn1C)C(=O)c1cc(N)cn1C1CC1. The molecule has 2 aromatic rings. The van der Waals surface area contributed by atoms with E-state index in [1.807, 2.05) is 28.6 Å². The number of anilines is 1. The van der Waals surface area contributed by atoms with Gasteiger partial charge in [0.05, 0.1) is 12.2 Å². The van der Waals surface area contributed by atoms with E-state index in [9.17, 15) is 4.79 Å². The normalized spacial score (nSPS) is 14.5. The molecule has 0 spiro atoms. The molecule has 2 aromatic heterocycles. The van der Waals surface area contributed by atoms with Crippen LogP contribution in [0.4, 0.5) is 5.69 Å². The van der Waals surface area contributed by atoms with Crippen molar-refractivity contribution in [1.82, 2.24) is 19.0 Å². The zero-order valence-corrected chi connectivity index (χ0v) is 11.8. The van der Waals surface area contributed by atoms with Gasteiger partial charge in [-0.15, -0.1) is 0 Å². The Morgan fingerprint density at radius 3 is 2.90 bits per heavy atom. The zero-order valence-electron chi connectivity index (χ0n) is 11.8. The van der Waals surface area contributed by atoms with Crippen LogP contribution in [0.2, 0.25) is 0 Å². The van der Waals surface area contributed by atoms with Crippen LogP contribution in [0.25, 0.3) is 0 Å². The third kappa shape index (κ3) is 2.29. The van der Waals surface area contributed by atoms with E-state index in [-0.39, 0.29) is 5.91 Å². The number of aromatic nitrogens is 3. The number of carbonyl (C=O) groups is 1. The van der Waals surface area contributed by atoms with Crippen molar-refractivity contribution < 1.29 is 4.79 Å². The molecule has 0 unspecified atom stereocenters. The van der Waals surface area contributed by atoms with Crippen molar-refractivity contribution in [2.75, 3.05) is 12.8 Å². The first-order valence-corrected chi connectivity index (χ1v) is 6.75. The Labute approximate surface area is 117 Å². The monoisotopic (exact) mass is 273 g/mol. The fourth-order valence-corrected chi connectivity index (χ4v) is 2.36. The number of imidazole rings is 1. The highest BCUT2D eigenvalue weighted by Crippen LogP contribution is 2.37. The zero-order chi connectivity index (χ0) is 14.3. The molecule has 1 saturated carbocycles. The summed E-state index contributed by atoms with van der Waals surface area (Å²) in [6.07, 6.45) is 7.71. The van der Waals surface area contributed by atoms with Crippen molar-refractivity contribution in [3.05, 3.63) is 36.2 Å². The molecule has 2 heterocycles. The number of aryl methyl sites for hydroxylation is 1. The van der Waals surface area contributed by atoms with Gasteiger partial charge in [-0.05, 0) is 18.9 Å². The number of carbonyl (C=O) groups excluding carboxylic acids is 1. The predicted octanol–water partition coefficient (Wildman–Crippen LogP) is 1.41. The maximum Gasteiger partial charge on any atom is 0.270 e. The number of amides is 1. The second-order valence-electron chi connectivity index (χ2n) is 5.41. The van der Waals surface area contributed by atoms with Gasteiger partial charge in [-0.2, -0.15) is 0 Å². The molecule has 1 fully saturated rings. The Kier molecular flexibility index (Phi) is 3.00. The minimum absolute atomic E-state index is 0.0170. The van der Waals surface area contributed by atoms with E-state index in [0.29, 0.717) is 24.0 Å². The van der Waals surface area contributed by atoms with Gasteiger partial charge >= 0.3 is 0 Å². The molecule has 0 radical (unpaired) electrons. The second-order valence-corrected chi connectivity index (χ2v) is 5.41. The number of hydrogen-bond acceptors (Lipinski definition) is 3. The molecule has 0 aromatic carbocycles. The summed E-state index contributed by atoms with van der Waals surface area (Å²) < 4.78 is 3.92. The Morgan fingerprint density at radius 1 is 1.55 bits per heavy atom. The smallest absolute Gasteiger partial charge is 0.270 e. The summed E-state index contributed by atoms with van der Waals surface area (Å²) >= 11 is 0. The lowest BCUT2D eigenvalue weighted by atomic mass is 10.3. The first kappa shape index (κ1) is 12.8. The van der Waals surface area contributed by atoms with Crippen LogP contribution in [0.1, 0.15) is 35.2 Å². The standard InChI is InChI=1S/C14H19N5O/c1-17-6-5-16-13(17)9-18(2)14(20)12-7-10(15)8-19(12)11-3-4-11/h5-8,11H,3-4,9,15H2,1-2H3. The molecule has 0 bridgehead atoms. The average molecular weight is 273 g/mol. The quantitative estimate of drug-likeness (QED) is 0.915. The van der Waals surface area contributed by atoms with Crippen molar-refractivity contribution in [1.29, 1.82) is 0 Å². The van der Waals surface area contributed by atoms with E-state index < -0.39 is 0 Å². The maximum absolute atomic E-state index is 12.6. The van der Waals surface area contributed by atoms with Crippen molar-refractivity contribution in [2.45, 2.75) is 25.4 Å². The van der Waals surface area contributed by atoms with Gasteiger partial charge in [0.1, 0.15) is 11.5 Å². The van der Waals surface area contributed by atoms with Crippen molar-refractivity contribution in [3.8, 4) is 0 Å². The van der Waals surface area contributed by atoms with Gasteiger partial charge in [0.15, 0.2) is 0 Å². The Morgan fingerprint density at radius 2 is 2.30 bits per heavy atom. The summed E-state index contributed by atoms with van der Waals surface area (Å²) in [7, 11) is 3.71. The highest BCUT2D eigenvalue weighted by molar-refractivity contribution is 5.93. The van der Waals surface area contributed by atoms with Crippen LogP contribution >= 0.6 is 0 Å². The Bertz CT molecular complexity index is 638. The second kappa shape index (κ2) is 4.70. The lowest BCUT2D eigenvalue weighted by Crippen LogP contribution is -2.29. The van der Waals surface area contributed by atoms with Crippen LogP contribution < -0.4 is 5.73 Å². The topological polar surface area (TPSA) is 69.1 Å². The minimum Gasteiger partial charge on any atom is -0.397 e. The summed E-state index contributed by atoms with van der Waals surface area (Å²) in [5, 5.41) is 0. The molecule has 0 atom stereocenters. The maximum atomic E-state index is 12.6. The molecular formula is C14H19N5O. The highest BCUT2D eigenvalue weighted by Gasteiger charge is 2.28. The van der Waals surface area contributed by atoms with E-state index in [0.717, 1.165) is 18.7 Å². The number of nitrogens with two attached hydrogens (primary N) is 1. The fourth-order valence-electron chi connectivity index (χ4n) is 2.36. The molecule has 6 heteroatoms. The van der Waals surface area contributed by atoms with E-state index in [1.54, 1.807) is 24.2 Å². The molecule has 0 aliphatic heterocycles. The van der Waals surface area contributed by atoms with Crippen LogP contribution in [0.15, 0.2) is 24.7 Å². The number of nitrogen functional groups attached to an aromatic ring is 1. The van der Waals surface area contributed by atoms with Crippen LogP contribution in [0.3, 0.4) is 0 Å². The average Bonchev–Trinajstić information content (AvgIpc) is 3.08. The molecule has 20 heavy (non-hydrogen) atoms. The first-order chi connectivity index (χ1) is 9.56. The lowest BCUT2D eigenvalue weighted by molar-refractivity contribution is 0.0769. The van der Waals surface area contributed by atoms with Crippen LogP contribution in [0.5, 0.6) is 0 Å². The molecule has 3 rings (SSSR count). The number of rotatable bonds is 4. The van der Waals surface area contributed by atoms with Gasteiger partial charge < -0.3 is 19.8 Å². The minimum atomic E-state index is -0.0170.